The Morgan fingerprint density at radius 3 is 3.04 bits per heavy atom. The van der Waals surface area contributed by atoms with Crippen LogP contribution in [0.4, 0.5) is 0 Å². The molecule has 0 radical (unpaired) electrons. The quantitative estimate of drug-likeness (QED) is 0.718. The van der Waals surface area contributed by atoms with Crippen molar-refractivity contribution in [2.75, 3.05) is 20.2 Å². The van der Waals surface area contributed by atoms with E-state index in [-0.39, 0.29) is 11.9 Å². The smallest absolute Gasteiger partial charge is 0.249 e. The number of carbonyl (C=O) groups excluding carboxylic acids is 1. The van der Waals surface area contributed by atoms with Crippen molar-refractivity contribution < 1.29 is 19.8 Å². The highest BCUT2D eigenvalue weighted by molar-refractivity contribution is 5.76. The van der Waals surface area contributed by atoms with Crippen LogP contribution in [0.3, 0.4) is 0 Å². The molecule has 1 aromatic carbocycles. The Balaban J connectivity index is 1.71. The van der Waals surface area contributed by atoms with E-state index < -0.39 is 0 Å². The molecule has 146 valence electrons. The molecule has 0 bridgehead atoms. The first-order chi connectivity index (χ1) is 13.2. The average molecular weight is 373 g/mol. The lowest BCUT2D eigenvalue weighted by atomic mass is 10.0. The minimum absolute atomic E-state index is 0.119. The molecule has 3 N–H and O–H groups in total. The summed E-state index contributed by atoms with van der Waals surface area (Å²) in [5, 5.41) is 4.13. The molecule has 3 rings (SSSR count). The molecule has 7 heteroatoms. The topological polar surface area (TPSA) is 96.1 Å². The fraction of sp³-hybridized carbons (Fsp3) is 0.550. The second-order valence-corrected chi connectivity index (χ2v) is 6.95. The molecule has 1 aliphatic rings. The minimum Gasteiger partial charge on any atom is -0.497 e. The first kappa shape index (κ1) is 19.4. The zero-order valence-corrected chi connectivity index (χ0v) is 16.0. The molecule has 1 aromatic heterocycles. The third-order valence-corrected chi connectivity index (χ3v) is 5.02. The Labute approximate surface area is 159 Å². The lowest BCUT2D eigenvalue weighted by molar-refractivity contribution is -0.368. The van der Waals surface area contributed by atoms with E-state index in [4.69, 9.17) is 9.26 Å². The molecule has 0 unspecified atom stereocenters. The minimum atomic E-state index is -0.119. The van der Waals surface area contributed by atoms with Crippen molar-refractivity contribution in [1.82, 2.24) is 15.0 Å². The fourth-order valence-electron chi connectivity index (χ4n) is 3.51. The lowest BCUT2D eigenvalue weighted by Crippen LogP contribution is -2.50. The number of rotatable bonds is 8. The molecular weight excluding hydrogens is 344 g/mol. The van der Waals surface area contributed by atoms with Gasteiger partial charge in [-0.15, -0.1) is 0 Å². The van der Waals surface area contributed by atoms with Gasteiger partial charge in [0.15, 0.2) is 0 Å². The molecular formula is C20H29N4O3+. The van der Waals surface area contributed by atoms with E-state index >= 15 is 0 Å². The third-order valence-electron chi connectivity index (χ3n) is 5.02. The summed E-state index contributed by atoms with van der Waals surface area (Å²) in [6.07, 6.45) is 6.57. The number of piperidine rings is 1. The van der Waals surface area contributed by atoms with Gasteiger partial charge in [0.05, 0.1) is 13.7 Å². The van der Waals surface area contributed by atoms with E-state index in [9.17, 15) is 4.79 Å². The number of nitrogens with zero attached hydrogens (tertiary/aromatic N) is 3. The zero-order chi connectivity index (χ0) is 19.1. The van der Waals surface area contributed by atoms with Crippen LogP contribution in [-0.4, -0.2) is 41.1 Å². The molecule has 0 aliphatic carbocycles. The highest BCUT2D eigenvalue weighted by atomic mass is 16.5. The van der Waals surface area contributed by atoms with Gasteiger partial charge in [0.25, 0.3) is 0 Å². The molecule has 1 saturated heterocycles. The Morgan fingerprint density at radius 2 is 2.22 bits per heavy atom. The number of amides is 1. The van der Waals surface area contributed by atoms with E-state index in [2.05, 4.69) is 15.9 Å². The van der Waals surface area contributed by atoms with Crippen LogP contribution < -0.4 is 10.5 Å². The summed E-state index contributed by atoms with van der Waals surface area (Å²) >= 11 is 0. The second kappa shape index (κ2) is 9.50. The van der Waals surface area contributed by atoms with Gasteiger partial charge >= 0.3 is 0 Å². The van der Waals surface area contributed by atoms with Crippen molar-refractivity contribution in [3.05, 3.63) is 30.2 Å². The summed E-state index contributed by atoms with van der Waals surface area (Å²) in [6.45, 7) is 1.69. The Kier molecular flexibility index (Phi) is 6.81. The van der Waals surface area contributed by atoms with Crippen molar-refractivity contribution in [3.63, 3.8) is 0 Å². The molecule has 0 saturated carbocycles. The molecule has 7 nitrogen and oxygen atoms in total. The average Bonchev–Trinajstić information content (AvgIpc) is 3.21. The fourth-order valence-corrected chi connectivity index (χ4v) is 3.51. The van der Waals surface area contributed by atoms with Crippen LogP contribution in [0.1, 0.15) is 56.9 Å². The number of aromatic nitrogens is 2. The van der Waals surface area contributed by atoms with Crippen molar-refractivity contribution in [2.45, 2.75) is 51.0 Å². The van der Waals surface area contributed by atoms with E-state index in [1.807, 2.05) is 29.2 Å². The van der Waals surface area contributed by atoms with Gasteiger partial charge in [-0.25, -0.2) is 0 Å². The van der Waals surface area contributed by atoms with Gasteiger partial charge in [0.2, 0.25) is 17.6 Å². The van der Waals surface area contributed by atoms with Gasteiger partial charge in [0, 0.05) is 18.5 Å². The van der Waals surface area contributed by atoms with Crippen molar-refractivity contribution in [3.8, 4) is 17.1 Å². The maximum atomic E-state index is 12.7. The van der Waals surface area contributed by atoms with Crippen LogP contribution in [0.2, 0.25) is 0 Å². The molecule has 2 heterocycles. The van der Waals surface area contributed by atoms with Crippen molar-refractivity contribution >= 4 is 5.91 Å². The van der Waals surface area contributed by atoms with Gasteiger partial charge in [-0.1, -0.05) is 17.3 Å². The summed E-state index contributed by atoms with van der Waals surface area (Å²) in [6, 6.07) is 7.45. The van der Waals surface area contributed by atoms with E-state index in [0.29, 0.717) is 18.1 Å². The summed E-state index contributed by atoms with van der Waals surface area (Å²) in [5.74, 6) is 1.98. The summed E-state index contributed by atoms with van der Waals surface area (Å²) in [7, 11) is 1.63. The Morgan fingerprint density at radius 1 is 1.33 bits per heavy atom. The normalized spacial score (nSPS) is 17.1. The first-order valence-electron chi connectivity index (χ1n) is 9.79. The molecule has 1 fully saturated rings. The first-order valence-corrected chi connectivity index (χ1v) is 9.79. The Hall–Kier alpha value is -2.41. The monoisotopic (exact) mass is 373 g/mol. The number of methoxy groups -OCH3 is 1. The van der Waals surface area contributed by atoms with Crippen LogP contribution in [0.25, 0.3) is 11.4 Å². The van der Waals surface area contributed by atoms with Gasteiger partial charge < -0.3 is 19.9 Å². The van der Waals surface area contributed by atoms with Crippen LogP contribution in [0, 0.1) is 0 Å². The highest BCUT2D eigenvalue weighted by Crippen LogP contribution is 2.32. The molecule has 0 spiro atoms. The van der Waals surface area contributed by atoms with Crippen LogP contribution in [0.5, 0.6) is 5.75 Å². The maximum absolute atomic E-state index is 12.7. The van der Waals surface area contributed by atoms with E-state index in [1.54, 1.807) is 7.11 Å². The van der Waals surface area contributed by atoms with Crippen molar-refractivity contribution in [1.29, 1.82) is 0 Å². The predicted octanol–water partition coefficient (Wildman–Crippen LogP) is 2.60. The van der Waals surface area contributed by atoms with E-state index in [0.717, 1.165) is 62.9 Å². The number of likely N-dealkylation sites (tertiary alicyclic amines) is 1. The number of ether oxygens (including phenoxy) is 1. The predicted molar refractivity (Wildman–Crippen MR) is 101 cm³/mol. The Bertz CT molecular complexity index is 746. The SMILES string of the molecule is COc1cccc(-c2noc([C@H]3CCCCN3C(=O)CCCCC[NH3+])n2)c1. The number of carbonyl (C=O) groups is 1. The number of hydrogen-bond acceptors (Lipinski definition) is 5. The molecule has 27 heavy (non-hydrogen) atoms. The molecule has 1 amide bonds. The third kappa shape index (κ3) is 4.86. The van der Waals surface area contributed by atoms with E-state index in [1.165, 1.54) is 0 Å². The summed E-state index contributed by atoms with van der Waals surface area (Å²) in [4.78, 5) is 19.2. The molecule has 2 aromatic rings. The van der Waals surface area contributed by atoms with Crippen LogP contribution in [-0.2, 0) is 4.79 Å². The van der Waals surface area contributed by atoms with Crippen LogP contribution >= 0.6 is 0 Å². The largest absolute Gasteiger partial charge is 0.497 e. The number of benzene rings is 1. The second-order valence-electron chi connectivity index (χ2n) is 6.95. The lowest BCUT2D eigenvalue weighted by Gasteiger charge is -2.33. The number of unbranched alkanes of at least 4 members (excludes halogenated alkanes) is 2. The summed E-state index contributed by atoms with van der Waals surface area (Å²) < 4.78 is 10.8. The summed E-state index contributed by atoms with van der Waals surface area (Å²) in [5.41, 5.74) is 4.69. The maximum Gasteiger partial charge on any atom is 0.249 e. The highest BCUT2D eigenvalue weighted by Gasteiger charge is 2.31. The molecule has 1 aliphatic heterocycles. The van der Waals surface area contributed by atoms with Gasteiger partial charge in [-0.2, -0.15) is 4.98 Å². The van der Waals surface area contributed by atoms with Crippen molar-refractivity contribution in [2.24, 2.45) is 0 Å². The molecule has 1 atom stereocenters. The van der Waals surface area contributed by atoms with Gasteiger partial charge in [-0.05, 0) is 50.7 Å². The number of hydrogen-bond donors (Lipinski definition) is 1. The van der Waals surface area contributed by atoms with Crippen LogP contribution in [0.15, 0.2) is 28.8 Å². The van der Waals surface area contributed by atoms with Gasteiger partial charge in [-0.3, -0.25) is 4.79 Å². The zero-order valence-electron chi connectivity index (χ0n) is 16.0. The van der Waals surface area contributed by atoms with Gasteiger partial charge in [0.1, 0.15) is 11.8 Å². The number of quaternary nitrogens is 1. The standard InChI is InChI=1S/C20H28N4O3/c1-26-16-9-7-8-15(14-16)19-22-20(27-23-19)17-10-4-6-13-24(17)18(25)11-3-2-5-12-21/h7-9,14,17H,2-6,10-13,21H2,1H3/p+1/t17-/m1/s1.